The summed E-state index contributed by atoms with van der Waals surface area (Å²) in [4.78, 5) is 4.24. The number of nitrogens with one attached hydrogen (secondary N) is 2. The number of aromatic hydroxyl groups is 1. The molecule has 1 heterocycles. The minimum absolute atomic E-state index is 0.313. The third-order valence-corrected chi connectivity index (χ3v) is 4.55. The Labute approximate surface area is 157 Å². The molecule has 1 aromatic carbocycles. The van der Waals surface area contributed by atoms with Gasteiger partial charge in [-0.15, -0.1) is 0 Å². The molecule has 0 unspecified atom stereocenters. The maximum atomic E-state index is 9.29. The number of nitrogens with zero attached hydrogens (tertiary/aromatic N) is 1. The van der Waals surface area contributed by atoms with E-state index in [1.807, 2.05) is 12.1 Å². The van der Waals surface area contributed by atoms with E-state index in [0.29, 0.717) is 11.7 Å². The van der Waals surface area contributed by atoms with Crippen molar-refractivity contribution in [1.29, 1.82) is 0 Å². The summed E-state index contributed by atoms with van der Waals surface area (Å²) >= 11 is 0. The standard InChI is InChI=1S/C20H33N3O3/c1-21-20(22-11-2-4-17-5-7-19(24)8-6-17)23-12-3-13-26-16-18-9-14-25-15-10-18/h5-8,18,24H,2-4,9-16H2,1H3,(H2,21,22,23). The summed E-state index contributed by atoms with van der Waals surface area (Å²) in [5, 5.41) is 15.9. The molecule has 146 valence electrons. The van der Waals surface area contributed by atoms with Gasteiger partial charge in [0.05, 0.1) is 0 Å². The number of aryl methyl sites for hydroxylation is 1. The first-order chi connectivity index (χ1) is 12.8. The highest BCUT2D eigenvalue weighted by atomic mass is 16.5. The van der Waals surface area contributed by atoms with Crippen molar-refractivity contribution in [3.05, 3.63) is 29.8 Å². The molecule has 0 atom stereocenters. The number of phenolic OH excluding ortho intramolecular Hbond substituents is 1. The van der Waals surface area contributed by atoms with Gasteiger partial charge in [0.1, 0.15) is 5.75 Å². The molecule has 6 heteroatoms. The average molecular weight is 364 g/mol. The second kappa shape index (κ2) is 12.5. The Morgan fingerprint density at radius 1 is 1.15 bits per heavy atom. The van der Waals surface area contributed by atoms with Crippen LogP contribution in [0.5, 0.6) is 5.75 Å². The molecule has 0 saturated carbocycles. The Morgan fingerprint density at radius 3 is 2.54 bits per heavy atom. The lowest BCUT2D eigenvalue weighted by atomic mass is 10.0. The van der Waals surface area contributed by atoms with Crippen LogP contribution in [-0.4, -0.2) is 57.6 Å². The topological polar surface area (TPSA) is 75.1 Å². The summed E-state index contributed by atoms with van der Waals surface area (Å²) in [6.07, 6.45) is 5.21. The summed E-state index contributed by atoms with van der Waals surface area (Å²) < 4.78 is 11.1. The zero-order valence-corrected chi connectivity index (χ0v) is 15.9. The van der Waals surface area contributed by atoms with Crippen molar-refractivity contribution in [1.82, 2.24) is 10.6 Å². The fraction of sp³-hybridized carbons (Fsp3) is 0.650. The molecule has 6 nitrogen and oxygen atoms in total. The van der Waals surface area contributed by atoms with Crippen LogP contribution in [-0.2, 0) is 15.9 Å². The number of phenols is 1. The predicted octanol–water partition coefficient (Wildman–Crippen LogP) is 2.32. The van der Waals surface area contributed by atoms with Gasteiger partial charge in [0.25, 0.3) is 0 Å². The average Bonchev–Trinajstić information content (AvgIpc) is 2.68. The van der Waals surface area contributed by atoms with E-state index in [1.165, 1.54) is 5.56 Å². The molecule has 0 bridgehead atoms. The first-order valence-corrected chi connectivity index (χ1v) is 9.66. The van der Waals surface area contributed by atoms with E-state index in [0.717, 1.165) is 77.6 Å². The first kappa shape index (κ1) is 20.5. The molecule has 1 aromatic rings. The minimum Gasteiger partial charge on any atom is -0.508 e. The Kier molecular flexibility index (Phi) is 9.90. The largest absolute Gasteiger partial charge is 0.508 e. The van der Waals surface area contributed by atoms with E-state index >= 15 is 0 Å². The lowest BCUT2D eigenvalue weighted by Gasteiger charge is -2.21. The van der Waals surface area contributed by atoms with Gasteiger partial charge in [-0.1, -0.05) is 12.1 Å². The van der Waals surface area contributed by atoms with Crippen LogP contribution in [0.25, 0.3) is 0 Å². The van der Waals surface area contributed by atoms with E-state index < -0.39 is 0 Å². The third kappa shape index (κ3) is 8.54. The second-order valence-electron chi connectivity index (χ2n) is 6.68. The van der Waals surface area contributed by atoms with Crippen LogP contribution in [0.4, 0.5) is 0 Å². The van der Waals surface area contributed by atoms with Crippen molar-refractivity contribution in [2.45, 2.75) is 32.1 Å². The fourth-order valence-corrected chi connectivity index (χ4v) is 2.93. The molecule has 1 saturated heterocycles. The van der Waals surface area contributed by atoms with Crippen molar-refractivity contribution in [2.24, 2.45) is 10.9 Å². The summed E-state index contributed by atoms with van der Waals surface area (Å²) in [5.41, 5.74) is 1.23. The van der Waals surface area contributed by atoms with E-state index in [-0.39, 0.29) is 0 Å². The Morgan fingerprint density at radius 2 is 1.85 bits per heavy atom. The Balaban J connectivity index is 1.46. The van der Waals surface area contributed by atoms with Crippen LogP contribution in [0.15, 0.2) is 29.3 Å². The molecule has 1 aliphatic rings. The van der Waals surface area contributed by atoms with Crippen LogP contribution in [0.3, 0.4) is 0 Å². The monoisotopic (exact) mass is 363 g/mol. The van der Waals surface area contributed by atoms with Gasteiger partial charge >= 0.3 is 0 Å². The van der Waals surface area contributed by atoms with Crippen molar-refractivity contribution in [3.8, 4) is 5.75 Å². The zero-order valence-electron chi connectivity index (χ0n) is 15.9. The van der Waals surface area contributed by atoms with Crippen LogP contribution < -0.4 is 10.6 Å². The van der Waals surface area contributed by atoms with E-state index in [1.54, 1.807) is 19.2 Å². The van der Waals surface area contributed by atoms with Gasteiger partial charge in [-0.2, -0.15) is 0 Å². The highest BCUT2D eigenvalue weighted by molar-refractivity contribution is 5.79. The normalized spacial score (nSPS) is 15.8. The quantitative estimate of drug-likeness (QED) is 0.338. The number of hydrogen-bond donors (Lipinski definition) is 3. The number of guanidine groups is 1. The van der Waals surface area contributed by atoms with E-state index in [9.17, 15) is 5.11 Å². The first-order valence-electron chi connectivity index (χ1n) is 9.66. The van der Waals surface area contributed by atoms with Crippen molar-refractivity contribution < 1.29 is 14.6 Å². The molecule has 0 aromatic heterocycles. The van der Waals surface area contributed by atoms with E-state index in [4.69, 9.17) is 9.47 Å². The molecule has 0 aliphatic carbocycles. The fourth-order valence-electron chi connectivity index (χ4n) is 2.93. The molecule has 0 radical (unpaired) electrons. The van der Waals surface area contributed by atoms with Crippen molar-refractivity contribution >= 4 is 5.96 Å². The van der Waals surface area contributed by atoms with Crippen molar-refractivity contribution in [3.63, 3.8) is 0 Å². The lowest BCUT2D eigenvalue weighted by Crippen LogP contribution is -2.38. The third-order valence-electron chi connectivity index (χ3n) is 4.55. The summed E-state index contributed by atoms with van der Waals surface area (Å²) in [6, 6.07) is 7.38. The van der Waals surface area contributed by atoms with Gasteiger partial charge < -0.3 is 25.2 Å². The number of ether oxygens (including phenoxy) is 2. The molecule has 2 rings (SSSR count). The molecule has 26 heavy (non-hydrogen) atoms. The number of hydrogen-bond acceptors (Lipinski definition) is 4. The SMILES string of the molecule is CN=C(NCCCOCC1CCOCC1)NCCCc1ccc(O)cc1. The van der Waals surface area contributed by atoms with Crippen LogP contribution in [0, 0.1) is 5.92 Å². The summed E-state index contributed by atoms with van der Waals surface area (Å²) in [5.74, 6) is 1.81. The molecule has 1 aliphatic heterocycles. The van der Waals surface area contributed by atoms with Gasteiger partial charge in [-0.3, -0.25) is 4.99 Å². The van der Waals surface area contributed by atoms with E-state index in [2.05, 4.69) is 15.6 Å². The lowest BCUT2D eigenvalue weighted by molar-refractivity contribution is 0.0203. The molecule has 0 amide bonds. The van der Waals surface area contributed by atoms with Crippen LogP contribution >= 0.6 is 0 Å². The summed E-state index contributed by atoms with van der Waals surface area (Å²) in [7, 11) is 1.79. The van der Waals surface area contributed by atoms with Crippen molar-refractivity contribution in [2.75, 3.05) is 46.6 Å². The highest BCUT2D eigenvalue weighted by Gasteiger charge is 2.13. The maximum absolute atomic E-state index is 9.29. The number of benzene rings is 1. The molecule has 1 fully saturated rings. The smallest absolute Gasteiger partial charge is 0.190 e. The molecule has 3 N–H and O–H groups in total. The van der Waals surface area contributed by atoms with Crippen LogP contribution in [0.1, 0.15) is 31.2 Å². The number of aliphatic imine (C=N–C) groups is 1. The minimum atomic E-state index is 0.313. The maximum Gasteiger partial charge on any atom is 0.190 e. The Bertz CT molecular complexity index is 514. The second-order valence-corrected chi connectivity index (χ2v) is 6.68. The predicted molar refractivity (Wildman–Crippen MR) is 105 cm³/mol. The zero-order chi connectivity index (χ0) is 18.5. The Hall–Kier alpha value is -1.79. The molecular formula is C20H33N3O3. The summed E-state index contributed by atoms with van der Waals surface area (Å²) in [6.45, 7) is 5.11. The molecule has 0 spiro atoms. The molecular weight excluding hydrogens is 330 g/mol. The number of rotatable bonds is 10. The van der Waals surface area contributed by atoms with Gasteiger partial charge in [-0.25, -0.2) is 0 Å². The van der Waals surface area contributed by atoms with Gasteiger partial charge in [-0.05, 0) is 55.7 Å². The van der Waals surface area contributed by atoms with Gasteiger partial charge in [0.2, 0.25) is 0 Å². The van der Waals surface area contributed by atoms with Gasteiger partial charge in [0, 0.05) is 46.6 Å². The van der Waals surface area contributed by atoms with Crippen LogP contribution in [0.2, 0.25) is 0 Å². The van der Waals surface area contributed by atoms with Gasteiger partial charge in [0.15, 0.2) is 5.96 Å². The highest BCUT2D eigenvalue weighted by Crippen LogP contribution is 2.14.